The highest BCUT2D eigenvalue weighted by molar-refractivity contribution is 5.76. The van der Waals surface area contributed by atoms with Crippen molar-refractivity contribution in [2.24, 2.45) is 17.2 Å². The van der Waals surface area contributed by atoms with Crippen molar-refractivity contribution < 1.29 is 4.79 Å². The van der Waals surface area contributed by atoms with Gasteiger partial charge in [-0.2, -0.15) is 0 Å². The fraction of sp³-hybridized carbons (Fsp3) is 0.889. The van der Waals surface area contributed by atoms with Gasteiger partial charge in [0.05, 0.1) is 0 Å². The summed E-state index contributed by atoms with van der Waals surface area (Å²) in [5, 5.41) is 2.55. The molecule has 0 saturated carbocycles. The highest BCUT2D eigenvalue weighted by Gasteiger charge is 2.19. The Labute approximate surface area is 85.4 Å². The van der Waals surface area contributed by atoms with Gasteiger partial charge in [-0.3, -0.25) is 16.3 Å². The van der Waals surface area contributed by atoms with Crippen molar-refractivity contribution in [3.05, 3.63) is 0 Å². The lowest BCUT2D eigenvalue weighted by Gasteiger charge is -2.25. The van der Waals surface area contributed by atoms with Crippen LogP contribution in [0.25, 0.3) is 0 Å². The fourth-order valence-electron chi connectivity index (χ4n) is 1.16. The summed E-state index contributed by atoms with van der Waals surface area (Å²) in [4.78, 5) is 11.3. The molecule has 7 N–H and O–H groups in total. The van der Waals surface area contributed by atoms with Crippen molar-refractivity contribution in [2.45, 2.75) is 44.8 Å². The van der Waals surface area contributed by atoms with Gasteiger partial charge in [-0.05, 0) is 13.0 Å². The third kappa shape index (κ3) is 6.82. The Morgan fingerprint density at radius 3 is 2.50 bits per heavy atom. The number of carbonyl (C=O) groups excluding carboxylic acids is 1. The molecule has 1 amide bonds. The van der Waals surface area contributed by atoms with Crippen LogP contribution in [0.15, 0.2) is 0 Å². The molecule has 0 saturated heterocycles. The zero-order valence-electron chi connectivity index (χ0n) is 8.88. The van der Waals surface area contributed by atoms with Crippen LogP contribution in [0.3, 0.4) is 0 Å². The Balaban J connectivity index is 3.69. The number of amides is 1. The normalized spacial score (nSPS) is 11.4. The maximum Gasteiger partial charge on any atom is 0.222 e. The molecule has 0 bridgehead atoms. The molecule has 0 spiro atoms. The second-order valence-electron chi connectivity index (χ2n) is 3.58. The summed E-state index contributed by atoms with van der Waals surface area (Å²) in [5.74, 6) is -1.25. The van der Waals surface area contributed by atoms with Crippen LogP contribution in [-0.4, -0.2) is 18.2 Å². The van der Waals surface area contributed by atoms with Gasteiger partial charge in [0.2, 0.25) is 5.91 Å². The van der Waals surface area contributed by atoms with Crippen LogP contribution in [0.4, 0.5) is 0 Å². The summed E-state index contributed by atoms with van der Waals surface area (Å²) in [6.07, 6.45) is 3.88. The largest absolute Gasteiger partial charge is 0.330 e. The number of nitrogens with two attached hydrogens (primary N) is 3. The van der Waals surface area contributed by atoms with Crippen LogP contribution in [0.2, 0.25) is 0 Å². The highest BCUT2D eigenvalue weighted by atomic mass is 16.1. The van der Waals surface area contributed by atoms with Gasteiger partial charge >= 0.3 is 0 Å². The summed E-state index contributed by atoms with van der Waals surface area (Å²) >= 11 is 0. The Hall–Kier alpha value is -0.650. The Bertz CT molecular complexity index is 170. The lowest BCUT2D eigenvalue weighted by atomic mass is 10.2. The maximum atomic E-state index is 11.3. The van der Waals surface area contributed by atoms with Gasteiger partial charge in [-0.25, -0.2) is 0 Å². The van der Waals surface area contributed by atoms with Crippen molar-refractivity contribution >= 4 is 5.91 Å². The highest BCUT2D eigenvalue weighted by Crippen LogP contribution is 2.00. The quantitative estimate of drug-likeness (QED) is 0.333. The maximum absolute atomic E-state index is 11.3. The first kappa shape index (κ1) is 13.4. The van der Waals surface area contributed by atoms with Gasteiger partial charge in [-0.15, -0.1) is 0 Å². The van der Waals surface area contributed by atoms with E-state index in [1.54, 1.807) is 0 Å². The average molecular weight is 202 g/mol. The van der Waals surface area contributed by atoms with Gasteiger partial charge in [-0.1, -0.05) is 19.8 Å². The summed E-state index contributed by atoms with van der Waals surface area (Å²) in [5.41, 5.74) is 16.5. The van der Waals surface area contributed by atoms with Crippen molar-refractivity contribution in [2.75, 3.05) is 6.54 Å². The van der Waals surface area contributed by atoms with E-state index in [0.29, 0.717) is 19.4 Å². The van der Waals surface area contributed by atoms with Crippen molar-refractivity contribution in [3.63, 3.8) is 0 Å². The summed E-state index contributed by atoms with van der Waals surface area (Å²) in [7, 11) is 0. The van der Waals surface area contributed by atoms with Gasteiger partial charge in [0, 0.05) is 12.8 Å². The van der Waals surface area contributed by atoms with Crippen LogP contribution in [0.1, 0.15) is 39.0 Å². The molecule has 0 aromatic heterocycles. The summed E-state index contributed by atoms with van der Waals surface area (Å²) in [6, 6.07) is 0. The Morgan fingerprint density at radius 1 is 1.36 bits per heavy atom. The standard InChI is InChI=1S/C9H22N4O/c1-2-3-4-5-8(14)13-9(11,12)6-7-10/h2-7,10-12H2,1H3,(H,13,14). The monoisotopic (exact) mass is 202 g/mol. The topological polar surface area (TPSA) is 107 Å². The zero-order chi connectivity index (χ0) is 11.0. The molecule has 0 radical (unpaired) electrons. The SMILES string of the molecule is CCCCCC(=O)NC(N)(N)CCN. The predicted octanol–water partition coefficient (Wildman–Crippen LogP) is -0.397. The molecule has 0 rings (SSSR count). The fourth-order valence-corrected chi connectivity index (χ4v) is 1.16. The van der Waals surface area contributed by atoms with Gasteiger partial charge < -0.3 is 11.1 Å². The molecule has 0 heterocycles. The molecule has 0 unspecified atom stereocenters. The van der Waals surface area contributed by atoms with E-state index >= 15 is 0 Å². The van der Waals surface area contributed by atoms with Crippen molar-refractivity contribution in [1.29, 1.82) is 0 Å². The van der Waals surface area contributed by atoms with E-state index in [2.05, 4.69) is 12.2 Å². The van der Waals surface area contributed by atoms with Gasteiger partial charge in [0.15, 0.2) is 0 Å². The first-order valence-electron chi connectivity index (χ1n) is 5.10. The van der Waals surface area contributed by atoms with Crippen LogP contribution >= 0.6 is 0 Å². The second-order valence-corrected chi connectivity index (χ2v) is 3.58. The van der Waals surface area contributed by atoms with E-state index in [1.807, 2.05) is 0 Å². The zero-order valence-corrected chi connectivity index (χ0v) is 8.88. The molecular weight excluding hydrogens is 180 g/mol. The third-order valence-corrected chi connectivity index (χ3v) is 1.94. The number of hydrogen-bond acceptors (Lipinski definition) is 4. The summed E-state index contributed by atoms with van der Waals surface area (Å²) < 4.78 is 0. The van der Waals surface area contributed by atoms with E-state index < -0.39 is 5.79 Å². The average Bonchev–Trinajstić information content (AvgIpc) is 2.03. The van der Waals surface area contributed by atoms with E-state index in [1.165, 1.54) is 0 Å². The molecule has 0 fully saturated rings. The van der Waals surface area contributed by atoms with Crippen LogP contribution in [-0.2, 0) is 4.79 Å². The molecule has 84 valence electrons. The molecule has 0 aromatic carbocycles. The van der Waals surface area contributed by atoms with E-state index in [0.717, 1.165) is 19.3 Å². The molecule has 0 aliphatic rings. The third-order valence-electron chi connectivity index (χ3n) is 1.94. The molecule has 0 atom stereocenters. The number of hydrogen-bond donors (Lipinski definition) is 4. The number of carbonyl (C=O) groups is 1. The van der Waals surface area contributed by atoms with E-state index in [9.17, 15) is 4.79 Å². The molecule has 14 heavy (non-hydrogen) atoms. The van der Waals surface area contributed by atoms with Crippen molar-refractivity contribution in [1.82, 2.24) is 5.32 Å². The first-order chi connectivity index (χ1) is 6.52. The lowest BCUT2D eigenvalue weighted by Crippen LogP contribution is -2.63. The first-order valence-corrected chi connectivity index (χ1v) is 5.10. The van der Waals surface area contributed by atoms with Crippen LogP contribution in [0, 0.1) is 0 Å². The summed E-state index contributed by atoms with van der Waals surface area (Å²) in [6.45, 7) is 2.45. The number of rotatable bonds is 7. The Morgan fingerprint density at radius 2 is 2.00 bits per heavy atom. The van der Waals surface area contributed by atoms with Crippen LogP contribution in [0.5, 0.6) is 0 Å². The van der Waals surface area contributed by atoms with E-state index in [4.69, 9.17) is 17.2 Å². The van der Waals surface area contributed by atoms with E-state index in [-0.39, 0.29) is 5.91 Å². The minimum Gasteiger partial charge on any atom is -0.330 e. The number of unbranched alkanes of at least 4 members (excludes halogenated alkanes) is 2. The molecule has 5 heteroatoms. The molecule has 5 nitrogen and oxygen atoms in total. The van der Waals surface area contributed by atoms with Crippen molar-refractivity contribution in [3.8, 4) is 0 Å². The van der Waals surface area contributed by atoms with Gasteiger partial charge in [0.25, 0.3) is 0 Å². The molecule has 0 aliphatic carbocycles. The number of nitrogens with one attached hydrogen (secondary N) is 1. The minimum atomic E-state index is -1.15. The molecular formula is C9H22N4O. The molecule has 0 aromatic rings. The van der Waals surface area contributed by atoms with Crippen LogP contribution < -0.4 is 22.5 Å². The van der Waals surface area contributed by atoms with Gasteiger partial charge in [0.1, 0.15) is 5.79 Å². The Kier molecular flexibility index (Phi) is 6.44. The minimum absolute atomic E-state index is 0.100. The molecule has 0 aliphatic heterocycles. The predicted molar refractivity (Wildman–Crippen MR) is 57.1 cm³/mol. The lowest BCUT2D eigenvalue weighted by molar-refractivity contribution is -0.123. The smallest absolute Gasteiger partial charge is 0.222 e. The second kappa shape index (κ2) is 6.75.